The number of aromatic hydroxyl groups is 2. The van der Waals surface area contributed by atoms with Gasteiger partial charge in [0.2, 0.25) is 0 Å². The largest absolute Gasteiger partial charge is 0.506 e. The lowest BCUT2D eigenvalue weighted by atomic mass is 9.55. The van der Waals surface area contributed by atoms with Crippen molar-refractivity contribution < 1.29 is 10.2 Å². The molecule has 0 bridgehead atoms. The molecule has 1 fully saturated rings. The van der Waals surface area contributed by atoms with Gasteiger partial charge >= 0.3 is 0 Å². The van der Waals surface area contributed by atoms with E-state index in [4.69, 9.17) is 0 Å². The molecule has 1 atom stereocenters. The standard InChI is InChI=1S/C27H36Br2O2/c1-15(2)18-8-20(24(30)22(28)10-18)27(13-17(5)12-26(6,7)14-27)21-9-19(16(3)4)11-23(29)25(21)31/h8-11,15-17,30-31H,12-14H2,1-7H3. The van der Waals surface area contributed by atoms with Crippen LogP contribution in [0.3, 0.4) is 0 Å². The molecule has 0 amide bonds. The normalized spacial score (nSPS) is 20.4. The van der Waals surface area contributed by atoms with E-state index in [1.54, 1.807) is 0 Å². The van der Waals surface area contributed by atoms with E-state index in [0.29, 0.717) is 29.3 Å². The van der Waals surface area contributed by atoms with Crippen LogP contribution >= 0.6 is 31.9 Å². The fourth-order valence-electron chi connectivity index (χ4n) is 5.76. The third kappa shape index (κ3) is 4.71. The summed E-state index contributed by atoms with van der Waals surface area (Å²) in [4.78, 5) is 0. The van der Waals surface area contributed by atoms with E-state index in [1.165, 1.54) is 11.1 Å². The Kier molecular flexibility index (Phi) is 6.95. The first-order chi connectivity index (χ1) is 14.3. The highest BCUT2D eigenvalue weighted by molar-refractivity contribution is 9.10. The summed E-state index contributed by atoms with van der Waals surface area (Å²) in [6.07, 6.45) is 2.89. The van der Waals surface area contributed by atoms with Crippen molar-refractivity contribution in [2.24, 2.45) is 11.3 Å². The maximum Gasteiger partial charge on any atom is 0.133 e. The lowest BCUT2D eigenvalue weighted by Crippen LogP contribution is -2.41. The van der Waals surface area contributed by atoms with E-state index in [2.05, 4.69) is 92.5 Å². The summed E-state index contributed by atoms with van der Waals surface area (Å²) in [5.74, 6) is 1.72. The van der Waals surface area contributed by atoms with E-state index in [9.17, 15) is 10.2 Å². The monoisotopic (exact) mass is 550 g/mol. The van der Waals surface area contributed by atoms with Crippen LogP contribution in [0, 0.1) is 11.3 Å². The van der Waals surface area contributed by atoms with Crippen LogP contribution in [-0.4, -0.2) is 10.2 Å². The van der Waals surface area contributed by atoms with Crippen LogP contribution in [0.1, 0.15) is 102 Å². The summed E-state index contributed by atoms with van der Waals surface area (Å²) in [6, 6.07) is 8.40. The minimum absolute atomic E-state index is 0.0805. The molecule has 1 aliphatic rings. The van der Waals surface area contributed by atoms with Crippen molar-refractivity contribution in [2.45, 2.75) is 85.0 Å². The lowest BCUT2D eigenvalue weighted by Gasteiger charge is -2.49. The molecule has 0 spiro atoms. The second kappa shape index (κ2) is 8.74. The van der Waals surface area contributed by atoms with Crippen molar-refractivity contribution in [1.82, 2.24) is 0 Å². The van der Waals surface area contributed by atoms with E-state index in [1.807, 2.05) is 12.1 Å². The van der Waals surface area contributed by atoms with Gasteiger partial charge in [0.15, 0.2) is 0 Å². The number of halogens is 2. The topological polar surface area (TPSA) is 40.5 Å². The van der Waals surface area contributed by atoms with Crippen molar-refractivity contribution in [2.75, 3.05) is 0 Å². The highest BCUT2D eigenvalue weighted by Crippen LogP contribution is 2.58. The first-order valence-electron chi connectivity index (χ1n) is 11.3. The Balaban J connectivity index is 2.43. The molecule has 170 valence electrons. The molecule has 1 aliphatic carbocycles. The summed E-state index contributed by atoms with van der Waals surface area (Å²) < 4.78 is 1.45. The highest BCUT2D eigenvalue weighted by atomic mass is 79.9. The minimum Gasteiger partial charge on any atom is -0.506 e. The van der Waals surface area contributed by atoms with Gasteiger partial charge in [-0.25, -0.2) is 0 Å². The van der Waals surface area contributed by atoms with Crippen LogP contribution in [0.2, 0.25) is 0 Å². The highest BCUT2D eigenvalue weighted by Gasteiger charge is 2.48. The molecule has 0 saturated heterocycles. The quantitative estimate of drug-likeness (QED) is 0.398. The van der Waals surface area contributed by atoms with Gasteiger partial charge in [0.1, 0.15) is 11.5 Å². The number of phenols is 2. The average molecular weight is 552 g/mol. The molecule has 4 heteroatoms. The smallest absolute Gasteiger partial charge is 0.133 e. The predicted molar refractivity (Wildman–Crippen MR) is 137 cm³/mol. The summed E-state index contributed by atoms with van der Waals surface area (Å²) in [5.41, 5.74) is 3.83. The molecule has 1 unspecified atom stereocenters. The Hall–Kier alpha value is -1.00. The zero-order valence-corrected chi connectivity index (χ0v) is 23.0. The Morgan fingerprint density at radius 1 is 0.806 bits per heavy atom. The van der Waals surface area contributed by atoms with Crippen LogP contribution in [-0.2, 0) is 5.41 Å². The van der Waals surface area contributed by atoms with Crippen LogP contribution in [0.5, 0.6) is 11.5 Å². The van der Waals surface area contributed by atoms with E-state index in [-0.39, 0.29) is 5.41 Å². The summed E-state index contributed by atoms with van der Waals surface area (Å²) in [5, 5.41) is 22.7. The molecule has 0 aliphatic heterocycles. The van der Waals surface area contributed by atoms with Crippen LogP contribution in [0.25, 0.3) is 0 Å². The Morgan fingerprint density at radius 3 is 1.58 bits per heavy atom. The summed E-state index contributed by atoms with van der Waals surface area (Å²) >= 11 is 7.24. The fraction of sp³-hybridized carbons (Fsp3) is 0.556. The summed E-state index contributed by atoms with van der Waals surface area (Å²) in [6.45, 7) is 15.6. The molecule has 2 aromatic carbocycles. The zero-order chi connectivity index (χ0) is 23.3. The molecule has 0 aromatic heterocycles. The van der Waals surface area contributed by atoms with Gasteiger partial charge in [0.05, 0.1) is 8.95 Å². The first kappa shape index (κ1) is 24.6. The summed E-state index contributed by atoms with van der Waals surface area (Å²) in [7, 11) is 0. The van der Waals surface area contributed by atoms with E-state index < -0.39 is 5.41 Å². The van der Waals surface area contributed by atoms with Gasteiger partial charge in [-0.3, -0.25) is 0 Å². The van der Waals surface area contributed by atoms with Crippen molar-refractivity contribution in [3.63, 3.8) is 0 Å². The third-order valence-corrected chi connectivity index (χ3v) is 8.12. The third-order valence-electron chi connectivity index (χ3n) is 6.91. The van der Waals surface area contributed by atoms with Crippen molar-refractivity contribution in [1.29, 1.82) is 0 Å². The molecule has 3 rings (SSSR count). The lowest BCUT2D eigenvalue weighted by molar-refractivity contribution is 0.123. The fourth-order valence-corrected chi connectivity index (χ4v) is 6.72. The molecule has 31 heavy (non-hydrogen) atoms. The van der Waals surface area contributed by atoms with Gasteiger partial charge < -0.3 is 10.2 Å². The Morgan fingerprint density at radius 2 is 1.23 bits per heavy atom. The number of rotatable bonds is 4. The van der Waals surface area contributed by atoms with E-state index >= 15 is 0 Å². The number of phenolic OH excluding ortho intramolecular Hbond substituents is 2. The van der Waals surface area contributed by atoms with Crippen LogP contribution in [0.4, 0.5) is 0 Å². The van der Waals surface area contributed by atoms with Crippen LogP contribution in [0.15, 0.2) is 33.2 Å². The second-order valence-corrected chi connectivity index (χ2v) is 12.8. The molecule has 2 N–H and O–H groups in total. The molecular weight excluding hydrogens is 516 g/mol. The zero-order valence-electron chi connectivity index (χ0n) is 19.8. The Bertz CT molecular complexity index is 912. The average Bonchev–Trinajstić information content (AvgIpc) is 2.63. The number of hydrogen-bond donors (Lipinski definition) is 2. The van der Waals surface area contributed by atoms with Crippen LogP contribution < -0.4 is 0 Å². The molecule has 0 radical (unpaired) electrons. The van der Waals surface area contributed by atoms with Gasteiger partial charge in [0.25, 0.3) is 0 Å². The minimum atomic E-state index is -0.476. The van der Waals surface area contributed by atoms with Gasteiger partial charge in [-0.05, 0) is 97.6 Å². The SMILES string of the molecule is CC1CC(C)(C)CC(c2cc(C(C)C)cc(Br)c2O)(c2cc(C(C)C)cc(Br)c2O)C1. The molecule has 2 nitrogen and oxygen atoms in total. The van der Waals surface area contributed by atoms with Crippen molar-refractivity contribution >= 4 is 31.9 Å². The van der Waals surface area contributed by atoms with Gasteiger partial charge in [0, 0.05) is 16.5 Å². The maximum atomic E-state index is 11.3. The predicted octanol–water partition coefficient (Wildman–Crippen LogP) is 9.00. The first-order valence-corrected chi connectivity index (χ1v) is 12.9. The molecule has 2 aromatic rings. The van der Waals surface area contributed by atoms with Crippen molar-refractivity contribution in [3.05, 3.63) is 55.5 Å². The van der Waals surface area contributed by atoms with E-state index in [0.717, 1.165) is 39.3 Å². The van der Waals surface area contributed by atoms with Gasteiger partial charge in [-0.2, -0.15) is 0 Å². The number of hydrogen-bond acceptors (Lipinski definition) is 2. The molecular formula is C27H36Br2O2. The maximum absolute atomic E-state index is 11.3. The van der Waals surface area contributed by atoms with Crippen molar-refractivity contribution in [3.8, 4) is 11.5 Å². The number of benzene rings is 2. The Labute approximate surface area is 204 Å². The molecule has 0 heterocycles. The molecule has 1 saturated carbocycles. The second-order valence-electron chi connectivity index (χ2n) is 11.0. The van der Waals surface area contributed by atoms with Gasteiger partial charge in [-0.1, -0.05) is 60.6 Å². The van der Waals surface area contributed by atoms with Gasteiger partial charge in [-0.15, -0.1) is 0 Å².